The normalized spacial score (nSPS) is 12.2. The van der Waals surface area contributed by atoms with E-state index in [4.69, 9.17) is 0 Å². The molecular formula is C22H20F3N3. The van der Waals surface area contributed by atoms with Gasteiger partial charge in [0.2, 0.25) is 0 Å². The molecule has 28 heavy (non-hydrogen) atoms. The van der Waals surface area contributed by atoms with Crippen LogP contribution in [-0.2, 0) is 6.18 Å². The highest BCUT2D eigenvalue weighted by Gasteiger charge is 2.30. The second-order valence-corrected chi connectivity index (χ2v) is 7.23. The minimum absolute atomic E-state index is 0.368. The number of pyridine rings is 1. The zero-order valence-electron chi connectivity index (χ0n) is 15.8. The number of nitrogens with one attached hydrogen (secondary N) is 1. The Labute approximate surface area is 160 Å². The third-order valence-electron chi connectivity index (χ3n) is 5.09. The molecule has 0 spiro atoms. The van der Waals surface area contributed by atoms with Gasteiger partial charge in [0, 0.05) is 29.7 Å². The van der Waals surface area contributed by atoms with E-state index < -0.39 is 11.7 Å². The van der Waals surface area contributed by atoms with Crippen molar-refractivity contribution in [3.8, 4) is 11.3 Å². The smallest absolute Gasteiger partial charge is 0.372 e. The minimum atomic E-state index is -4.38. The molecule has 2 heterocycles. The van der Waals surface area contributed by atoms with Crippen LogP contribution < -0.4 is 4.90 Å². The summed E-state index contributed by atoms with van der Waals surface area (Å²) in [6.07, 6.45) is -4.38. The van der Waals surface area contributed by atoms with Crippen molar-refractivity contribution in [2.45, 2.75) is 26.1 Å². The number of H-pyrrole nitrogens is 1. The highest BCUT2D eigenvalue weighted by atomic mass is 19.4. The van der Waals surface area contributed by atoms with E-state index in [1.807, 2.05) is 25.2 Å². The second-order valence-electron chi connectivity index (χ2n) is 7.23. The van der Waals surface area contributed by atoms with Crippen LogP contribution in [0.3, 0.4) is 0 Å². The fourth-order valence-corrected chi connectivity index (χ4v) is 3.29. The van der Waals surface area contributed by atoms with Crippen molar-refractivity contribution in [1.29, 1.82) is 0 Å². The molecule has 4 aromatic rings. The topological polar surface area (TPSA) is 31.9 Å². The maximum atomic E-state index is 13.0. The van der Waals surface area contributed by atoms with Crippen molar-refractivity contribution < 1.29 is 13.2 Å². The summed E-state index contributed by atoms with van der Waals surface area (Å²) >= 11 is 0. The van der Waals surface area contributed by atoms with E-state index >= 15 is 0 Å². The quantitative estimate of drug-likeness (QED) is 0.454. The molecule has 0 bridgehead atoms. The predicted molar refractivity (Wildman–Crippen MR) is 108 cm³/mol. The average molecular weight is 383 g/mol. The molecule has 0 amide bonds. The third kappa shape index (κ3) is 3.19. The lowest BCUT2D eigenvalue weighted by Crippen LogP contribution is -2.25. The highest BCUT2D eigenvalue weighted by Crippen LogP contribution is 2.33. The summed E-state index contributed by atoms with van der Waals surface area (Å²) in [5.74, 6) is 0. The minimum Gasteiger partial charge on any atom is -0.372 e. The number of aromatic amines is 1. The van der Waals surface area contributed by atoms with Crippen LogP contribution in [0.2, 0.25) is 0 Å². The second kappa shape index (κ2) is 6.55. The number of fused-ring (bicyclic) bond motifs is 3. The van der Waals surface area contributed by atoms with E-state index in [1.54, 1.807) is 12.1 Å². The number of benzene rings is 2. The van der Waals surface area contributed by atoms with Gasteiger partial charge in [-0.3, -0.25) is 0 Å². The number of nitrogens with zero attached hydrogens (tertiary/aromatic N) is 2. The zero-order valence-corrected chi connectivity index (χ0v) is 15.8. The van der Waals surface area contributed by atoms with Gasteiger partial charge < -0.3 is 9.88 Å². The van der Waals surface area contributed by atoms with Gasteiger partial charge in [-0.1, -0.05) is 12.1 Å². The molecule has 144 valence electrons. The van der Waals surface area contributed by atoms with Crippen LogP contribution in [0.1, 0.15) is 19.4 Å². The molecule has 0 aliphatic rings. The van der Waals surface area contributed by atoms with Crippen molar-refractivity contribution in [2.24, 2.45) is 0 Å². The molecule has 4 rings (SSSR count). The van der Waals surface area contributed by atoms with Gasteiger partial charge in [-0.2, -0.15) is 13.2 Å². The van der Waals surface area contributed by atoms with Crippen LogP contribution in [0, 0.1) is 0 Å². The molecule has 0 aliphatic carbocycles. The lowest BCUT2D eigenvalue weighted by Gasteiger charge is -2.23. The Bertz CT molecular complexity index is 1160. The first-order valence-corrected chi connectivity index (χ1v) is 9.07. The van der Waals surface area contributed by atoms with Gasteiger partial charge in [0.1, 0.15) is 0 Å². The third-order valence-corrected chi connectivity index (χ3v) is 5.09. The van der Waals surface area contributed by atoms with Crippen LogP contribution >= 0.6 is 0 Å². The molecule has 1 N–H and O–H groups in total. The Morgan fingerprint density at radius 1 is 0.964 bits per heavy atom. The number of hydrogen-bond acceptors (Lipinski definition) is 2. The molecule has 0 radical (unpaired) electrons. The number of anilines is 1. The maximum Gasteiger partial charge on any atom is 0.416 e. The number of alkyl halides is 3. The molecule has 2 aromatic heterocycles. The summed E-state index contributed by atoms with van der Waals surface area (Å²) in [4.78, 5) is 10.2. The first-order chi connectivity index (χ1) is 13.2. The molecular weight excluding hydrogens is 363 g/mol. The summed E-state index contributed by atoms with van der Waals surface area (Å²) in [6.45, 7) is 4.25. The van der Waals surface area contributed by atoms with Crippen LogP contribution in [0.5, 0.6) is 0 Å². The van der Waals surface area contributed by atoms with Crippen LogP contribution in [0.25, 0.3) is 33.2 Å². The maximum absolute atomic E-state index is 13.0. The SMILES string of the molecule is CC(C)N(C)c1ccc2c(c1)[nH]c1ccc(-c3cccc(C(F)(F)F)c3)nc12. The summed E-state index contributed by atoms with van der Waals surface area (Å²) < 4.78 is 39.1. The van der Waals surface area contributed by atoms with E-state index in [1.165, 1.54) is 6.07 Å². The Hall–Kier alpha value is -3.02. The number of aromatic nitrogens is 2. The van der Waals surface area contributed by atoms with Crippen molar-refractivity contribution >= 4 is 27.6 Å². The first-order valence-electron chi connectivity index (χ1n) is 9.07. The Morgan fingerprint density at radius 2 is 1.75 bits per heavy atom. The molecule has 0 saturated carbocycles. The summed E-state index contributed by atoms with van der Waals surface area (Å²) in [7, 11) is 2.04. The molecule has 0 aliphatic heterocycles. The molecule has 0 saturated heterocycles. The van der Waals surface area contributed by atoms with Gasteiger partial charge in [-0.05, 0) is 56.3 Å². The predicted octanol–water partition coefficient (Wildman–Crippen LogP) is 6.25. The standard InChI is InChI=1S/C22H20F3N3/c1-13(2)28(3)16-7-8-17-20(12-16)26-19-10-9-18(27-21(17)19)14-5-4-6-15(11-14)22(23,24)25/h4-13,26H,1-3H3. The summed E-state index contributed by atoms with van der Waals surface area (Å²) in [6, 6.07) is 15.4. The lowest BCUT2D eigenvalue weighted by atomic mass is 10.1. The van der Waals surface area contributed by atoms with Crippen molar-refractivity contribution in [1.82, 2.24) is 9.97 Å². The van der Waals surface area contributed by atoms with Crippen LogP contribution in [0.15, 0.2) is 54.6 Å². The molecule has 0 atom stereocenters. The number of rotatable bonds is 3. The van der Waals surface area contributed by atoms with Gasteiger partial charge in [-0.25, -0.2) is 4.98 Å². The van der Waals surface area contributed by atoms with Crippen LogP contribution in [0.4, 0.5) is 18.9 Å². The van der Waals surface area contributed by atoms with Gasteiger partial charge >= 0.3 is 6.18 Å². The van der Waals surface area contributed by atoms with Gasteiger partial charge in [0.15, 0.2) is 0 Å². The van der Waals surface area contributed by atoms with Crippen molar-refractivity contribution in [2.75, 3.05) is 11.9 Å². The molecule has 0 unspecified atom stereocenters. The van der Waals surface area contributed by atoms with Gasteiger partial charge in [0.25, 0.3) is 0 Å². The Morgan fingerprint density at radius 3 is 2.46 bits per heavy atom. The van der Waals surface area contributed by atoms with E-state index in [0.29, 0.717) is 17.3 Å². The van der Waals surface area contributed by atoms with E-state index in [9.17, 15) is 13.2 Å². The highest BCUT2D eigenvalue weighted by molar-refractivity contribution is 6.06. The van der Waals surface area contributed by atoms with E-state index in [2.05, 4.69) is 34.8 Å². The van der Waals surface area contributed by atoms with E-state index in [-0.39, 0.29) is 0 Å². The van der Waals surface area contributed by atoms with Crippen molar-refractivity contribution in [3.05, 3.63) is 60.2 Å². The van der Waals surface area contributed by atoms with Gasteiger partial charge in [-0.15, -0.1) is 0 Å². The molecule has 6 heteroatoms. The van der Waals surface area contributed by atoms with Gasteiger partial charge in [0.05, 0.1) is 27.8 Å². The molecule has 2 aromatic carbocycles. The lowest BCUT2D eigenvalue weighted by molar-refractivity contribution is -0.137. The fourth-order valence-electron chi connectivity index (χ4n) is 3.29. The number of hydrogen-bond donors (Lipinski definition) is 1. The molecule has 3 nitrogen and oxygen atoms in total. The average Bonchev–Trinajstić information content (AvgIpc) is 3.03. The largest absolute Gasteiger partial charge is 0.416 e. The first kappa shape index (κ1) is 18.3. The summed E-state index contributed by atoms with van der Waals surface area (Å²) in [5, 5.41) is 0.949. The zero-order chi connectivity index (χ0) is 20.1. The number of halogens is 3. The Balaban J connectivity index is 1.82. The molecule has 0 fully saturated rings. The summed E-state index contributed by atoms with van der Waals surface area (Å²) in [5.41, 5.74) is 3.94. The van der Waals surface area contributed by atoms with Crippen LogP contribution in [-0.4, -0.2) is 23.1 Å². The monoisotopic (exact) mass is 383 g/mol. The Kier molecular flexibility index (Phi) is 4.29. The van der Waals surface area contributed by atoms with E-state index in [0.717, 1.165) is 39.8 Å². The fraction of sp³-hybridized carbons (Fsp3) is 0.227. The van der Waals surface area contributed by atoms with Crippen molar-refractivity contribution in [3.63, 3.8) is 0 Å².